The van der Waals surface area contributed by atoms with E-state index >= 15 is 0 Å². The second-order valence-corrected chi connectivity index (χ2v) is 7.46. The van der Waals surface area contributed by atoms with Crippen LogP contribution in [0.25, 0.3) is 0 Å². The maximum atomic E-state index is 13.4. The summed E-state index contributed by atoms with van der Waals surface area (Å²) in [7, 11) is 0. The highest BCUT2D eigenvalue weighted by Crippen LogP contribution is 2.39. The second kappa shape index (κ2) is 11.8. The molecule has 1 aliphatic rings. The average Bonchev–Trinajstić information content (AvgIpc) is 2.80. The quantitative estimate of drug-likeness (QED) is 0.428. The van der Waals surface area contributed by atoms with Crippen molar-refractivity contribution in [2.45, 2.75) is 18.9 Å². The highest BCUT2D eigenvalue weighted by Gasteiger charge is 2.26. The number of rotatable bonds is 8. The number of hydrogen-bond acceptors (Lipinski definition) is 4. The zero-order chi connectivity index (χ0) is 21.5. The molecule has 0 aliphatic carbocycles. The summed E-state index contributed by atoms with van der Waals surface area (Å²) in [5.41, 5.74) is 0.800. The second-order valence-electron chi connectivity index (χ2n) is 7.46. The van der Waals surface area contributed by atoms with Crippen LogP contribution in [-0.2, 0) is 0 Å². The van der Waals surface area contributed by atoms with Gasteiger partial charge in [0.1, 0.15) is 11.5 Å². The molecular weight excluding hydrogens is 434 g/mol. The zero-order valence-electron chi connectivity index (χ0n) is 17.6. The molecule has 1 N–H and O–H groups in total. The number of alkyl halides is 2. The van der Waals surface area contributed by atoms with Gasteiger partial charge in [0.25, 0.3) is 0 Å². The molecule has 0 aromatic heterocycles. The van der Waals surface area contributed by atoms with E-state index in [0.717, 1.165) is 31.7 Å². The lowest BCUT2D eigenvalue weighted by Crippen LogP contribution is -2.45. The van der Waals surface area contributed by atoms with Gasteiger partial charge in [0.05, 0.1) is 0 Å². The fraction of sp³-hybridized carbons (Fsp3) is 0.280. The predicted molar refractivity (Wildman–Crippen MR) is 125 cm³/mol. The monoisotopic (exact) mass is 460 g/mol. The van der Waals surface area contributed by atoms with E-state index in [0.29, 0.717) is 23.0 Å². The molecule has 1 aliphatic heterocycles. The minimum absolute atomic E-state index is 0. The van der Waals surface area contributed by atoms with Gasteiger partial charge in [-0.1, -0.05) is 42.5 Å². The first-order valence-electron chi connectivity index (χ1n) is 10.5. The molecule has 0 unspecified atom stereocenters. The first kappa shape index (κ1) is 24.0. The minimum atomic E-state index is -2.39. The third kappa shape index (κ3) is 6.42. The molecule has 0 saturated carbocycles. The molecule has 7 heteroatoms. The van der Waals surface area contributed by atoms with Crippen LogP contribution in [0.5, 0.6) is 23.0 Å². The molecule has 1 atom stereocenters. The molecule has 1 fully saturated rings. The average molecular weight is 461 g/mol. The number of nitrogens with zero attached hydrogens (tertiary/aromatic N) is 1. The third-order valence-electron chi connectivity index (χ3n) is 5.29. The molecule has 0 bridgehead atoms. The summed E-state index contributed by atoms with van der Waals surface area (Å²) in [5, 5.41) is 3.28. The Morgan fingerprint density at radius 3 is 1.91 bits per heavy atom. The first-order chi connectivity index (χ1) is 15.2. The van der Waals surface area contributed by atoms with Gasteiger partial charge in [-0.05, 0) is 42.0 Å². The fourth-order valence-electron chi connectivity index (χ4n) is 3.79. The molecule has 3 aromatic rings. The summed E-state index contributed by atoms with van der Waals surface area (Å²) in [6, 6.07) is 23.9. The van der Waals surface area contributed by atoms with Gasteiger partial charge in [-0.15, -0.1) is 12.4 Å². The van der Waals surface area contributed by atoms with E-state index in [4.69, 9.17) is 9.47 Å². The Bertz CT molecular complexity index is 955. The number of benzene rings is 3. The number of nitrogens with one attached hydrogen (secondary N) is 1. The Labute approximate surface area is 193 Å². The topological polar surface area (TPSA) is 33.7 Å². The van der Waals surface area contributed by atoms with Crippen LogP contribution in [0.3, 0.4) is 0 Å². The molecule has 32 heavy (non-hydrogen) atoms. The van der Waals surface area contributed by atoms with E-state index in [9.17, 15) is 8.78 Å². The first-order valence-corrected chi connectivity index (χ1v) is 10.5. The van der Waals surface area contributed by atoms with Crippen LogP contribution in [0, 0.1) is 0 Å². The predicted octanol–water partition coefficient (Wildman–Crippen LogP) is 6.29. The van der Waals surface area contributed by atoms with Gasteiger partial charge in [0, 0.05) is 38.6 Å². The maximum Gasteiger partial charge on any atom is 0.240 e. The molecule has 0 radical (unpaired) electrons. The van der Waals surface area contributed by atoms with Crippen LogP contribution in [0.15, 0.2) is 78.9 Å². The zero-order valence-corrected chi connectivity index (χ0v) is 18.4. The molecule has 0 spiro atoms. The van der Waals surface area contributed by atoms with Gasteiger partial charge in [0.15, 0.2) is 11.5 Å². The van der Waals surface area contributed by atoms with E-state index in [2.05, 4.69) is 10.2 Å². The lowest BCUT2D eigenvalue weighted by molar-refractivity contribution is 0.0738. The van der Waals surface area contributed by atoms with Gasteiger partial charge in [-0.25, -0.2) is 8.78 Å². The molecular formula is C25H27ClF2N2O2. The Morgan fingerprint density at radius 2 is 1.34 bits per heavy atom. The number of halogens is 3. The van der Waals surface area contributed by atoms with Gasteiger partial charge in [-0.2, -0.15) is 0 Å². The van der Waals surface area contributed by atoms with Crippen LogP contribution in [-0.4, -0.2) is 37.5 Å². The molecule has 1 heterocycles. The normalized spacial score (nSPS) is 15.1. The number of piperazine rings is 1. The van der Waals surface area contributed by atoms with E-state index in [-0.39, 0.29) is 24.9 Å². The molecule has 3 aromatic carbocycles. The van der Waals surface area contributed by atoms with Gasteiger partial charge < -0.3 is 14.8 Å². The molecule has 4 nitrogen and oxygen atoms in total. The number of ether oxygens (including phenoxy) is 2. The van der Waals surface area contributed by atoms with Crippen molar-refractivity contribution in [3.63, 3.8) is 0 Å². The summed E-state index contributed by atoms with van der Waals surface area (Å²) >= 11 is 0. The Kier molecular flexibility index (Phi) is 8.85. The summed E-state index contributed by atoms with van der Waals surface area (Å²) < 4.78 is 39.1. The van der Waals surface area contributed by atoms with Crippen LogP contribution in [0.2, 0.25) is 0 Å². The maximum absolute atomic E-state index is 13.4. The lowest BCUT2D eigenvalue weighted by atomic mass is 10.0. The minimum Gasteiger partial charge on any atom is -0.453 e. The standard InChI is InChI=1S/C25H26F2N2O2.ClH/c26-25(27)18-22(29-15-13-28-14-16-29)19-11-12-23(30-20-7-3-1-4-8-20)24(17-19)31-21-9-5-2-6-10-21;/h1-12,17,22,25,28H,13-16,18H2;1H/t22-;/m0./s1. The van der Waals surface area contributed by atoms with Crippen LogP contribution in [0.1, 0.15) is 18.0 Å². The lowest BCUT2D eigenvalue weighted by Gasteiger charge is -2.35. The smallest absolute Gasteiger partial charge is 0.240 e. The van der Waals surface area contributed by atoms with Gasteiger partial charge >= 0.3 is 0 Å². The van der Waals surface area contributed by atoms with E-state index in [1.165, 1.54) is 0 Å². The summed E-state index contributed by atoms with van der Waals surface area (Å²) in [6.07, 6.45) is -2.61. The van der Waals surface area contributed by atoms with Crippen molar-refractivity contribution in [3.05, 3.63) is 84.4 Å². The Morgan fingerprint density at radius 1 is 0.781 bits per heavy atom. The molecule has 170 valence electrons. The SMILES string of the molecule is Cl.FC(F)C[C@@H](c1ccc(Oc2ccccc2)c(Oc2ccccc2)c1)N1CCNCC1. The number of hydrogen-bond donors (Lipinski definition) is 1. The van der Waals surface area contributed by atoms with E-state index in [1.807, 2.05) is 72.8 Å². The number of para-hydroxylation sites is 2. The molecule has 4 rings (SSSR count). The van der Waals surface area contributed by atoms with Crippen molar-refractivity contribution in [1.82, 2.24) is 10.2 Å². The largest absolute Gasteiger partial charge is 0.453 e. The van der Waals surface area contributed by atoms with Crippen molar-refractivity contribution in [3.8, 4) is 23.0 Å². The highest BCUT2D eigenvalue weighted by atomic mass is 35.5. The van der Waals surface area contributed by atoms with Crippen LogP contribution >= 0.6 is 12.4 Å². The van der Waals surface area contributed by atoms with Crippen LogP contribution in [0.4, 0.5) is 8.78 Å². The van der Waals surface area contributed by atoms with Crippen molar-refractivity contribution in [2.75, 3.05) is 26.2 Å². The van der Waals surface area contributed by atoms with Gasteiger partial charge in [-0.3, -0.25) is 4.90 Å². The van der Waals surface area contributed by atoms with Crippen molar-refractivity contribution in [2.24, 2.45) is 0 Å². The molecule has 1 saturated heterocycles. The van der Waals surface area contributed by atoms with Crippen LogP contribution < -0.4 is 14.8 Å². The van der Waals surface area contributed by atoms with Crippen molar-refractivity contribution < 1.29 is 18.3 Å². The van der Waals surface area contributed by atoms with Gasteiger partial charge in [0.2, 0.25) is 6.43 Å². The summed E-state index contributed by atoms with van der Waals surface area (Å²) in [6.45, 7) is 3.05. The summed E-state index contributed by atoms with van der Waals surface area (Å²) in [4.78, 5) is 2.11. The Balaban J connectivity index is 0.00000289. The molecule has 0 amide bonds. The van der Waals surface area contributed by atoms with Crippen molar-refractivity contribution >= 4 is 12.4 Å². The van der Waals surface area contributed by atoms with E-state index < -0.39 is 6.43 Å². The van der Waals surface area contributed by atoms with E-state index in [1.54, 1.807) is 6.07 Å². The highest BCUT2D eigenvalue weighted by molar-refractivity contribution is 5.85. The summed E-state index contributed by atoms with van der Waals surface area (Å²) in [5.74, 6) is 2.38. The Hall–Kier alpha value is -2.67. The van der Waals surface area contributed by atoms with Crippen molar-refractivity contribution in [1.29, 1.82) is 0 Å². The fourth-order valence-corrected chi connectivity index (χ4v) is 3.79. The third-order valence-corrected chi connectivity index (χ3v) is 5.29.